The Morgan fingerprint density at radius 1 is 1.33 bits per heavy atom. The van der Waals surface area contributed by atoms with E-state index in [0.717, 1.165) is 18.8 Å². The number of benzene rings is 1. The monoisotopic (exact) mass is 310 g/mol. The van der Waals surface area contributed by atoms with Crippen LogP contribution in [-0.2, 0) is 9.84 Å². The highest BCUT2D eigenvalue weighted by Gasteiger charge is 2.23. The molecule has 1 heterocycles. The molecule has 5 heteroatoms. The van der Waals surface area contributed by atoms with Crippen LogP contribution in [0.25, 0.3) is 0 Å². The van der Waals surface area contributed by atoms with Crippen LogP contribution in [0.5, 0.6) is 0 Å². The van der Waals surface area contributed by atoms with Gasteiger partial charge in [0, 0.05) is 24.5 Å². The maximum absolute atomic E-state index is 11.5. The van der Waals surface area contributed by atoms with Gasteiger partial charge in [-0.15, -0.1) is 0 Å². The summed E-state index contributed by atoms with van der Waals surface area (Å²) in [4.78, 5) is 2.87. The molecule has 118 valence electrons. The van der Waals surface area contributed by atoms with Gasteiger partial charge in [0.25, 0.3) is 0 Å². The number of piperidine rings is 1. The largest absolute Gasteiger partial charge is 0.382 e. The highest BCUT2D eigenvalue weighted by molar-refractivity contribution is 7.90. The second-order valence-corrected chi connectivity index (χ2v) is 8.04. The van der Waals surface area contributed by atoms with Gasteiger partial charge in [0.15, 0.2) is 9.84 Å². The zero-order chi connectivity index (χ0) is 15.5. The topological polar surface area (TPSA) is 49.4 Å². The molecule has 1 aromatic carbocycles. The molecule has 21 heavy (non-hydrogen) atoms. The Labute approximate surface area is 128 Å². The summed E-state index contributed by atoms with van der Waals surface area (Å²) >= 11 is 0. The van der Waals surface area contributed by atoms with Gasteiger partial charge in [-0.3, -0.25) is 0 Å². The minimum absolute atomic E-state index is 0.371. The van der Waals surface area contributed by atoms with Gasteiger partial charge in [-0.25, -0.2) is 8.42 Å². The third-order valence-corrected chi connectivity index (χ3v) is 5.50. The molecule has 0 radical (unpaired) electrons. The molecule has 4 nitrogen and oxygen atoms in total. The van der Waals surface area contributed by atoms with Crippen LogP contribution >= 0.6 is 0 Å². The molecule has 0 aliphatic carbocycles. The number of nitrogens with one attached hydrogen (secondary N) is 1. The first-order chi connectivity index (χ1) is 9.90. The number of sulfone groups is 1. The van der Waals surface area contributed by atoms with Gasteiger partial charge in [0.1, 0.15) is 0 Å². The Balaban J connectivity index is 1.97. The third-order valence-electron chi connectivity index (χ3n) is 4.37. The lowest BCUT2D eigenvalue weighted by molar-refractivity contribution is 0.172. The van der Waals surface area contributed by atoms with E-state index in [-0.39, 0.29) is 0 Å². The maximum atomic E-state index is 11.5. The first kappa shape index (κ1) is 16.3. The Kier molecular flexibility index (Phi) is 5.27. The first-order valence-electron chi connectivity index (χ1n) is 7.69. The van der Waals surface area contributed by atoms with Crippen LogP contribution in [0.4, 0.5) is 5.69 Å². The molecule has 1 aliphatic heterocycles. The molecule has 0 spiro atoms. The van der Waals surface area contributed by atoms with Gasteiger partial charge in [0.05, 0.1) is 4.90 Å². The van der Waals surface area contributed by atoms with E-state index in [1.165, 1.54) is 25.6 Å². The summed E-state index contributed by atoms with van der Waals surface area (Å²) in [5.41, 5.74) is 0.989. The molecular formula is C16H26N2O2S. The molecule has 0 saturated carbocycles. The Hall–Kier alpha value is -1.07. The van der Waals surface area contributed by atoms with Crippen molar-refractivity contribution >= 4 is 15.5 Å². The highest BCUT2D eigenvalue weighted by Crippen LogP contribution is 2.23. The second-order valence-electron chi connectivity index (χ2n) is 6.03. The van der Waals surface area contributed by atoms with E-state index < -0.39 is 9.84 Å². The van der Waals surface area contributed by atoms with Gasteiger partial charge in [-0.1, -0.05) is 6.92 Å². The fourth-order valence-corrected chi connectivity index (χ4v) is 3.60. The zero-order valence-corrected chi connectivity index (χ0v) is 14.0. The second kappa shape index (κ2) is 6.79. The van der Waals surface area contributed by atoms with E-state index >= 15 is 0 Å². The predicted octanol–water partition coefficient (Wildman–Crippen LogP) is 2.62. The minimum atomic E-state index is -3.11. The van der Waals surface area contributed by atoms with E-state index in [2.05, 4.69) is 24.1 Å². The third kappa shape index (κ3) is 4.45. The van der Waals surface area contributed by atoms with E-state index in [4.69, 9.17) is 0 Å². The van der Waals surface area contributed by atoms with E-state index in [1.807, 2.05) is 12.1 Å². The Bertz CT molecular complexity index is 554. The number of hydrogen-bond acceptors (Lipinski definition) is 4. The van der Waals surface area contributed by atoms with E-state index in [9.17, 15) is 8.42 Å². The van der Waals surface area contributed by atoms with Gasteiger partial charge >= 0.3 is 0 Å². The fraction of sp³-hybridized carbons (Fsp3) is 0.625. The molecule has 1 fully saturated rings. The standard InChI is InChI=1S/C16H26N2O2S/c1-4-18-11-5-6-14(12-18)13(2)17-15-7-9-16(10-8-15)21(3,19)20/h7-10,13-14,17H,4-6,11-12H2,1-3H3. The lowest BCUT2D eigenvalue weighted by atomic mass is 9.91. The Morgan fingerprint density at radius 2 is 2.00 bits per heavy atom. The quantitative estimate of drug-likeness (QED) is 0.908. The van der Waals surface area contributed by atoms with Crippen molar-refractivity contribution in [2.75, 3.05) is 31.2 Å². The summed E-state index contributed by atoms with van der Waals surface area (Å²) in [6.45, 7) is 7.90. The van der Waals surface area contributed by atoms with Crippen molar-refractivity contribution in [3.8, 4) is 0 Å². The van der Waals surface area contributed by atoms with E-state index in [0.29, 0.717) is 16.9 Å². The maximum Gasteiger partial charge on any atom is 0.175 e. The normalized spacial score (nSPS) is 22.0. The van der Waals surface area contributed by atoms with Crippen LogP contribution in [-0.4, -0.2) is 45.2 Å². The van der Waals surface area contributed by atoms with Gasteiger partial charge in [-0.2, -0.15) is 0 Å². The number of nitrogens with zero attached hydrogens (tertiary/aromatic N) is 1. The summed E-state index contributed by atoms with van der Waals surface area (Å²) < 4.78 is 22.9. The van der Waals surface area contributed by atoms with Crippen LogP contribution in [0.15, 0.2) is 29.2 Å². The van der Waals surface area contributed by atoms with Crippen LogP contribution < -0.4 is 5.32 Å². The number of rotatable bonds is 5. The smallest absolute Gasteiger partial charge is 0.175 e. The molecule has 1 aliphatic rings. The van der Waals surface area contributed by atoms with Crippen molar-refractivity contribution in [2.45, 2.75) is 37.6 Å². The summed E-state index contributed by atoms with van der Waals surface area (Å²) in [5.74, 6) is 0.647. The molecule has 0 bridgehead atoms. The lowest BCUT2D eigenvalue weighted by Crippen LogP contribution is -2.41. The van der Waals surface area contributed by atoms with E-state index in [1.54, 1.807) is 12.1 Å². The molecule has 2 atom stereocenters. The molecule has 2 rings (SSSR count). The van der Waals surface area contributed by atoms with Crippen molar-refractivity contribution in [1.29, 1.82) is 0 Å². The molecule has 2 unspecified atom stereocenters. The summed E-state index contributed by atoms with van der Waals surface area (Å²) in [5, 5.41) is 3.51. The van der Waals surface area contributed by atoms with Crippen molar-refractivity contribution in [3.63, 3.8) is 0 Å². The van der Waals surface area contributed by atoms with Gasteiger partial charge in [-0.05, 0) is 63.0 Å². The summed E-state index contributed by atoms with van der Waals surface area (Å²) in [6, 6.07) is 7.44. The molecular weight excluding hydrogens is 284 g/mol. The number of anilines is 1. The minimum Gasteiger partial charge on any atom is -0.382 e. The lowest BCUT2D eigenvalue weighted by Gasteiger charge is -2.35. The van der Waals surface area contributed by atoms with Crippen molar-refractivity contribution in [2.24, 2.45) is 5.92 Å². The first-order valence-corrected chi connectivity index (χ1v) is 9.58. The Morgan fingerprint density at radius 3 is 2.57 bits per heavy atom. The molecule has 1 aromatic rings. The summed E-state index contributed by atoms with van der Waals surface area (Å²) in [6.07, 6.45) is 3.75. The average molecular weight is 310 g/mol. The molecule has 0 aromatic heterocycles. The SMILES string of the molecule is CCN1CCCC(C(C)Nc2ccc(S(C)(=O)=O)cc2)C1. The highest BCUT2D eigenvalue weighted by atomic mass is 32.2. The molecule has 1 saturated heterocycles. The van der Waals surface area contributed by atoms with Crippen molar-refractivity contribution < 1.29 is 8.42 Å². The van der Waals surface area contributed by atoms with Gasteiger partial charge < -0.3 is 10.2 Å². The van der Waals surface area contributed by atoms with Crippen molar-refractivity contribution in [1.82, 2.24) is 4.90 Å². The molecule has 0 amide bonds. The number of hydrogen-bond donors (Lipinski definition) is 1. The predicted molar refractivity (Wildman–Crippen MR) is 87.5 cm³/mol. The van der Waals surface area contributed by atoms with Crippen molar-refractivity contribution in [3.05, 3.63) is 24.3 Å². The van der Waals surface area contributed by atoms with Crippen LogP contribution in [0.1, 0.15) is 26.7 Å². The van der Waals surface area contributed by atoms with Crippen LogP contribution in [0.2, 0.25) is 0 Å². The number of likely N-dealkylation sites (tertiary alicyclic amines) is 1. The van der Waals surface area contributed by atoms with Crippen LogP contribution in [0.3, 0.4) is 0 Å². The average Bonchev–Trinajstić information content (AvgIpc) is 2.47. The molecule has 1 N–H and O–H groups in total. The zero-order valence-electron chi connectivity index (χ0n) is 13.2. The van der Waals surface area contributed by atoms with Crippen LogP contribution in [0, 0.1) is 5.92 Å². The summed E-state index contributed by atoms with van der Waals surface area (Å²) in [7, 11) is -3.11. The fourth-order valence-electron chi connectivity index (χ4n) is 2.97. The van der Waals surface area contributed by atoms with Gasteiger partial charge in [0.2, 0.25) is 0 Å².